The predicted molar refractivity (Wildman–Crippen MR) is 115 cm³/mol. The van der Waals surface area contributed by atoms with Crippen LogP contribution in [-0.2, 0) is 4.74 Å². The Labute approximate surface area is 176 Å². The van der Waals surface area contributed by atoms with Crippen molar-refractivity contribution in [2.24, 2.45) is 23.7 Å². The summed E-state index contributed by atoms with van der Waals surface area (Å²) < 4.78 is 5.47. The lowest BCUT2D eigenvalue weighted by Crippen LogP contribution is -2.33. The molecule has 6 heteroatoms. The number of rotatable bonds is 6. The standard InChI is InChI=1S/C23H28ClN3O2/c24-20-10-17(23-16(22(20)25)2-1-7-26-23)21(28)4-3-15-18-12-27(13-19(15)18)11-14-5-8-29-9-6-14/h1-2,7,10,14-15,18-19H,3-6,8-9,11-13,25H2. The van der Waals surface area contributed by atoms with Crippen molar-refractivity contribution in [3.63, 3.8) is 0 Å². The lowest BCUT2D eigenvalue weighted by atomic mass is 9.98. The summed E-state index contributed by atoms with van der Waals surface area (Å²) in [6.07, 6.45) is 5.63. The summed E-state index contributed by atoms with van der Waals surface area (Å²) in [7, 11) is 0. The fourth-order valence-electron chi connectivity index (χ4n) is 5.49. The molecule has 1 aromatic heterocycles. The number of likely N-dealkylation sites (tertiary alicyclic amines) is 1. The smallest absolute Gasteiger partial charge is 0.165 e. The first-order chi connectivity index (χ1) is 14.1. The van der Waals surface area contributed by atoms with Crippen molar-refractivity contribution >= 4 is 34.0 Å². The van der Waals surface area contributed by atoms with Crippen LogP contribution in [0.3, 0.4) is 0 Å². The Bertz CT molecular complexity index is 916. The van der Waals surface area contributed by atoms with Gasteiger partial charge in [0, 0.05) is 56.4 Å². The van der Waals surface area contributed by atoms with Gasteiger partial charge in [-0.3, -0.25) is 9.78 Å². The Kier molecular flexibility index (Phi) is 5.23. The number of halogens is 1. The molecule has 3 aliphatic rings. The lowest BCUT2D eigenvalue weighted by molar-refractivity contribution is 0.0535. The molecule has 2 atom stereocenters. The Morgan fingerprint density at radius 1 is 1.28 bits per heavy atom. The van der Waals surface area contributed by atoms with Gasteiger partial charge in [-0.05, 0) is 61.1 Å². The number of fused-ring (bicyclic) bond motifs is 2. The minimum atomic E-state index is 0.125. The highest BCUT2D eigenvalue weighted by Crippen LogP contribution is 2.54. The van der Waals surface area contributed by atoms with E-state index in [0.29, 0.717) is 34.1 Å². The molecular weight excluding hydrogens is 386 g/mol. The van der Waals surface area contributed by atoms with E-state index in [0.717, 1.165) is 42.8 Å². The van der Waals surface area contributed by atoms with Gasteiger partial charge in [-0.15, -0.1) is 0 Å². The van der Waals surface area contributed by atoms with Crippen LogP contribution in [0.4, 0.5) is 5.69 Å². The second-order valence-electron chi connectivity index (χ2n) is 8.95. The fraction of sp³-hybridized carbons (Fsp3) is 0.565. The quantitative estimate of drug-likeness (QED) is 0.571. The second-order valence-corrected chi connectivity index (χ2v) is 9.35. The number of piperidine rings is 1. The number of hydrogen-bond donors (Lipinski definition) is 1. The topological polar surface area (TPSA) is 68.5 Å². The van der Waals surface area contributed by atoms with Gasteiger partial charge in [0.1, 0.15) is 0 Å². The summed E-state index contributed by atoms with van der Waals surface area (Å²) >= 11 is 6.27. The molecule has 154 valence electrons. The number of benzene rings is 1. The summed E-state index contributed by atoms with van der Waals surface area (Å²) in [4.78, 5) is 20.0. The molecule has 1 aliphatic carbocycles. The van der Waals surface area contributed by atoms with Crippen molar-refractivity contribution in [3.05, 3.63) is 35.0 Å². The number of aromatic nitrogens is 1. The van der Waals surface area contributed by atoms with Gasteiger partial charge < -0.3 is 15.4 Å². The van der Waals surface area contributed by atoms with E-state index in [1.807, 2.05) is 12.1 Å². The maximum atomic E-state index is 12.9. The van der Waals surface area contributed by atoms with Gasteiger partial charge in [-0.2, -0.15) is 0 Å². The highest BCUT2D eigenvalue weighted by molar-refractivity contribution is 6.35. The molecule has 2 N–H and O–H groups in total. The molecular formula is C23H28ClN3O2. The molecule has 2 aliphatic heterocycles. The number of nitrogens with two attached hydrogens (primary N) is 1. The number of Topliss-reactive ketones (excluding diaryl/α,β-unsaturated/α-hetero) is 1. The van der Waals surface area contributed by atoms with E-state index in [9.17, 15) is 4.79 Å². The van der Waals surface area contributed by atoms with Gasteiger partial charge in [-0.1, -0.05) is 11.6 Å². The first-order valence-electron chi connectivity index (χ1n) is 10.8. The van der Waals surface area contributed by atoms with E-state index < -0.39 is 0 Å². The van der Waals surface area contributed by atoms with Crippen molar-refractivity contribution in [2.45, 2.75) is 25.7 Å². The maximum Gasteiger partial charge on any atom is 0.165 e. The van der Waals surface area contributed by atoms with Crippen molar-refractivity contribution in [3.8, 4) is 0 Å². The number of anilines is 1. The predicted octanol–water partition coefficient (Wildman–Crippen LogP) is 4.04. The molecule has 0 radical (unpaired) electrons. The van der Waals surface area contributed by atoms with Gasteiger partial charge in [0.15, 0.2) is 5.78 Å². The molecule has 5 nitrogen and oxygen atoms in total. The Balaban J connectivity index is 1.16. The molecule has 29 heavy (non-hydrogen) atoms. The average Bonchev–Trinajstić information content (AvgIpc) is 3.20. The van der Waals surface area contributed by atoms with Crippen LogP contribution in [0, 0.1) is 23.7 Å². The van der Waals surface area contributed by atoms with Crippen molar-refractivity contribution in [1.82, 2.24) is 9.88 Å². The van der Waals surface area contributed by atoms with Crippen LogP contribution in [0.5, 0.6) is 0 Å². The van der Waals surface area contributed by atoms with E-state index >= 15 is 0 Å². The first-order valence-corrected chi connectivity index (χ1v) is 11.2. The van der Waals surface area contributed by atoms with Crippen LogP contribution >= 0.6 is 11.6 Å². The molecule has 5 rings (SSSR count). The van der Waals surface area contributed by atoms with Crippen molar-refractivity contribution < 1.29 is 9.53 Å². The summed E-state index contributed by atoms with van der Waals surface area (Å²) in [5.74, 6) is 3.20. The van der Waals surface area contributed by atoms with Gasteiger partial charge >= 0.3 is 0 Å². The fourth-order valence-corrected chi connectivity index (χ4v) is 5.70. The van der Waals surface area contributed by atoms with E-state index in [2.05, 4.69) is 9.88 Å². The number of nitrogen functional groups attached to an aromatic ring is 1. The number of hydrogen-bond acceptors (Lipinski definition) is 5. The highest BCUT2D eigenvalue weighted by atomic mass is 35.5. The number of carbonyl (C=O) groups excluding carboxylic acids is 1. The van der Waals surface area contributed by atoms with E-state index in [-0.39, 0.29) is 5.78 Å². The van der Waals surface area contributed by atoms with E-state index in [1.54, 1.807) is 12.3 Å². The third-order valence-electron chi connectivity index (χ3n) is 7.19. The summed E-state index contributed by atoms with van der Waals surface area (Å²) in [6.45, 7) is 5.49. The average molecular weight is 414 g/mol. The zero-order valence-corrected chi connectivity index (χ0v) is 17.4. The number of ketones is 1. The highest BCUT2D eigenvalue weighted by Gasteiger charge is 2.54. The first kappa shape index (κ1) is 19.3. The zero-order valence-electron chi connectivity index (χ0n) is 16.6. The number of nitrogens with zero attached hydrogens (tertiary/aromatic N) is 2. The Hall–Kier alpha value is -1.69. The van der Waals surface area contributed by atoms with Gasteiger partial charge in [0.25, 0.3) is 0 Å². The van der Waals surface area contributed by atoms with Crippen LogP contribution in [0.25, 0.3) is 10.9 Å². The molecule has 0 spiro atoms. The van der Waals surface area contributed by atoms with Crippen molar-refractivity contribution in [2.75, 3.05) is 38.6 Å². The zero-order chi connectivity index (χ0) is 20.0. The van der Waals surface area contributed by atoms with Crippen LogP contribution in [-0.4, -0.2) is 48.5 Å². The molecule has 0 bridgehead atoms. The molecule has 3 heterocycles. The third kappa shape index (κ3) is 3.76. The largest absolute Gasteiger partial charge is 0.397 e. The third-order valence-corrected chi connectivity index (χ3v) is 7.50. The van der Waals surface area contributed by atoms with Crippen LogP contribution < -0.4 is 5.73 Å². The van der Waals surface area contributed by atoms with Gasteiger partial charge in [0.2, 0.25) is 0 Å². The SMILES string of the molecule is Nc1c(Cl)cc(C(=O)CCC2C3CN(CC4CCOCC4)CC23)c2ncccc12. The van der Waals surface area contributed by atoms with Crippen molar-refractivity contribution in [1.29, 1.82) is 0 Å². The second kappa shape index (κ2) is 7.86. The van der Waals surface area contributed by atoms with Crippen LogP contribution in [0.15, 0.2) is 24.4 Å². The molecule has 1 aromatic carbocycles. The minimum absolute atomic E-state index is 0.125. The van der Waals surface area contributed by atoms with E-state index in [1.165, 1.54) is 32.5 Å². The Morgan fingerprint density at radius 3 is 2.79 bits per heavy atom. The lowest BCUT2D eigenvalue weighted by Gasteiger charge is -2.28. The number of ether oxygens (including phenoxy) is 1. The molecule has 1 saturated carbocycles. The summed E-state index contributed by atoms with van der Waals surface area (Å²) in [5, 5.41) is 1.19. The van der Waals surface area contributed by atoms with Crippen LogP contribution in [0.1, 0.15) is 36.0 Å². The normalized spacial score (nSPS) is 27.3. The minimum Gasteiger partial charge on any atom is -0.397 e. The summed E-state index contributed by atoms with van der Waals surface area (Å²) in [5.41, 5.74) is 7.83. The molecule has 2 unspecified atom stereocenters. The number of carbonyl (C=O) groups is 1. The van der Waals surface area contributed by atoms with Gasteiger partial charge in [-0.25, -0.2) is 0 Å². The summed E-state index contributed by atoms with van der Waals surface area (Å²) in [6, 6.07) is 5.39. The van der Waals surface area contributed by atoms with Crippen LogP contribution in [0.2, 0.25) is 5.02 Å². The van der Waals surface area contributed by atoms with E-state index in [4.69, 9.17) is 22.1 Å². The Morgan fingerprint density at radius 2 is 2.03 bits per heavy atom. The molecule has 2 aromatic rings. The molecule has 3 fully saturated rings. The van der Waals surface area contributed by atoms with Gasteiger partial charge in [0.05, 0.1) is 16.2 Å². The monoisotopic (exact) mass is 413 g/mol. The molecule has 2 saturated heterocycles. The molecule has 0 amide bonds. The number of pyridine rings is 1. The maximum absolute atomic E-state index is 12.9.